The van der Waals surface area contributed by atoms with Gasteiger partial charge in [0.25, 0.3) is 5.88 Å². The Morgan fingerprint density at radius 1 is 0.912 bits per heavy atom. The Bertz CT molecular complexity index is 751. The minimum Gasteiger partial charge on any atom is -0.489 e. The molecule has 1 aromatic rings. The van der Waals surface area contributed by atoms with Crippen LogP contribution in [0.4, 0.5) is 0 Å². The normalized spacial score (nSPS) is 15.8. The number of carbonyl (C=O) groups excluding carboxylic acids is 1. The highest BCUT2D eigenvalue weighted by molar-refractivity contribution is 5.72. The fraction of sp³-hybridized carbons (Fsp3) is 0.786. The summed E-state index contributed by atoms with van der Waals surface area (Å²) in [5, 5.41) is 0. The van der Waals surface area contributed by atoms with Crippen molar-refractivity contribution in [2.75, 3.05) is 21.3 Å². The molecule has 0 saturated carbocycles. The first-order valence-electron chi connectivity index (χ1n) is 12.9. The lowest BCUT2D eigenvalue weighted by atomic mass is 9.83. The lowest BCUT2D eigenvalue weighted by molar-refractivity contribution is -0.132. The largest absolute Gasteiger partial charge is 0.489 e. The van der Waals surface area contributed by atoms with E-state index in [0.717, 1.165) is 30.5 Å². The van der Waals surface area contributed by atoms with Crippen LogP contribution in [-0.2, 0) is 16.0 Å². The van der Waals surface area contributed by atoms with Crippen molar-refractivity contribution >= 4 is 5.97 Å². The molecule has 0 radical (unpaired) electrons. The lowest BCUT2D eigenvalue weighted by Gasteiger charge is -2.29. The van der Waals surface area contributed by atoms with Gasteiger partial charge in [-0.15, -0.1) is 0 Å². The second-order valence-corrected chi connectivity index (χ2v) is 10.1. The molecule has 1 aromatic heterocycles. The number of ether oxygens (including phenoxy) is 4. The van der Waals surface area contributed by atoms with E-state index in [1.807, 2.05) is 14.0 Å². The molecule has 6 nitrogen and oxygen atoms in total. The van der Waals surface area contributed by atoms with Crippen molar-refractivity contribution in [2.45, 2.75) is 99.5 Å². The molecule has 0 bridgehead atoms. The van der Waals surface area contributed by atoms with Gasteiger partial charge in [-0.1, -0.05) is 60.3 Å². The van der Waals surface area contributed by atoms with E-state index < -0.39 is 5.97 Å². The molecule has 5 atom stereocenters. The predicted octanol–water partition coefficient (Wildman–Crippen LogP) is 6.79. The SMILES string of the molecule is CC[C@H](C)[C@H](OC)[C@H](C)C[C@H](C)CCC[C@H](C)CCc1nc(OC)c(OC)c(OC(C)=O)c1C. The number of hydrogen-bond acceptors (Lipinski definition) is 6. The number of rotatable bonds is 16. The van der Waals surface area contributed by atoms with Crippen LogP contribution in [0.25, 0.3) is 0 Å². The van der Waals surface area contributed by atoms with E-state index in [0.29, 0.717) is 47.2 Å². The van der Waals surface area contributed by atoms with Crippen LogP contribution in [0.15, 0.2) is 0 Å². The summed E-state index contributed by atoms with van der Waals surface area (Å²) in [5.74, 6) is 3.19. The van der Waals surface area contributed by atoms with Gasteiger partial charge in [0.1, 0.15) is 0 Å². The van der Waals surface area contributed by atoms with E-state index in [1.54, 1.807) is 7.11 Å². The summed E-state index contributed by atoms with van der Waals surface area (Å²) in [4.78, 5) is 16.2. The third kappa shape index (κ3) is 9.09. The monoisotopic (exact) mass is 479 g/mol. The molecule has 1 rings (SSSR count). The Balaban J connectivity index is 2.63. The van der Waals surface area contributed by atoms with Crippen LogP contribution in [0, 0.1) is 30.6 Å². The number of aromatic nitrogens is 1. The molecule has 34 heavy (non-hydrogen) atoms. The van der Waals surface area contributed by atoms with Crippen LogP contribution in [0.2, 0.25) is 0 Å². The molecular weight excluding hydrogens is 430 g/mol. The molecule has 6 heteroatoms. The van der Waals surface area contributed by atoms with Crippen molar-refractivity contribution in [1.82, 2.24) is 4.98 Å². The molecule has 1 heterocycles. The Kier molecular flexibility index (Phi) is 13.5. The second kappa shape index (κ2) is 15.2. The number of esters is 1. The summed E-state index contributed by atoms with van der Waals surface area (Å²) in [6.07, 6.45) is 8.22. The average molecular weight is 480 g/mol. The third-order valence-corrected chi connectivity index (χ3v) is 7.13. The maximum absolute atomic E-state index is 11.6. The number of pyridine rings is 1. The number of methoxy groups -OCH3 is 3. The zero-order valence-electron chi connectivity index (χ0n) is 23.3. The van der Waals surface area contributed by atoms with Crippen molar-refractivity contribution in [3.63, 3.8) is 0 Å². The van der Waals surface area contributed by atoms with E-state index in [9.17, 15) is 4.79 Å². The highest BCUT2D eigenvalue weighted by Gasteiger charge is 2.24. The zero-order chi connectivity index (χ0) is 25.8. The molecule has 0 amide bonds. The van der Waals surface area contributed by atoms with Crippen molar-refractivity contribution in [3.8, 4) is 17.4 Å². The van der Waals surface area contributed by atoms with Crippen LogP contribution < -0.4 is 14.2 Å². The van der Waals surface area contributed by atoms with Gasteiger partial charge in [-0.2, -0.15) is 0 Å². The lowest BCUT2D eigenvalue weighted by Crippen LogP contribution is -2.28. The van der Waals surface area contributed by atoms with Crippen molar-refractivity contribution in [1.29, 1.82) is 0 Å². The third-order valence-electron chi connectivity index (χ3n) is 7.13. The van der Waals surface area contributed by atoms with E-state index in [-0.39, 0.29) is 0 Å². The molecule has 0 aliphatic carbocycles. The Labute approximate surface area is 208 Å². The Morgan fingerprint density at radius 3 is 2.09 bits per heavy atom. The smallest absolute Gasteiger partial charge is 0.308 e. The molecule has 0 fully saturated rings. The maximum Gasteiger partial charge on any atom is 0.308 e. The van der Waals surface area contributed by atoms with Gasteiger partial charge in [-0.3, -0.25) is 4.79 Å². The molecule has 0 aromatic carbocycles. The molecule has 0 saturated heterocycles. The molecule has 0 unspecified atom stereocenters. The van der Waals surface area contributed by atoms with Gasteiger partial charge in [-0.05, 0) is 49.9 Å². The van der Waals surface area contributed by atoms with Gasteiger partial charge in [0.2, 0.25) is 5.75 Å². The number of carbonyl (C=O) groups is 1. The van der Waals surface area contributed by atoms with E-state index >= 15 is 0 Å². The minimum atomic E-state index is -0.390. The van der Waals surface area contributed by atoms with E-state index in [1.165, 1.54) is 39.7 Å². The standard InChI is InChI=1S/C28H49NO5/c1-11-20(4)25(31-8)21(5)17-19(3)14-12-13-18(2)15-16-24-22(6)26(34-23(7)30)27(32-9)28(29-24)33-10/h18-21,25H,11-17H2,1-10H3/t18-,19+,20-,21+,25-/m0/s1. The number of nitrogens with zero attached hydrogens (tertiary/aromatic N) is 1. The quantitative estimate of drug-likeness (QED) is 0.243. The average Bonchev–Trinajstić information content (AvgIpc) is 2.79. The summed E-state index contributed by atoms with van der Waals surface area (Å²) in [5.41, 5.74) is 1.72. The molecule has 0 aliphatic rings. The van der Waals surface area contributed by atoms with Crippen LogP contribution in [0.5, 0.6) is 17.4 Å². The summed E-state index contributed by atoms with van der Waals surface area (Å²) in [6, 6.07) is 0. The van der Waals surface area contributed by atoms with Gasteiger partial charge in [0.05, 0.1) is 26.0 Å². The number of aryl methyl sites for hydroxylation is 1. The predicted molar refractivity (Wildman–Crippen MR) is 138 cm³/mol. The van der Waals surface area contributed by atoms with Gasteiger partial charge >= 0.3 is 5.97 Å². The molecule has 0 aliphatic heterocycles. The fourth-order valence-electron chi connectivity index (χ4n) is 4.97. The molecule has 0 N–H and O–H groups in total. The first-order valence-corrected chi connectivity index (χ1v) is 12.9. The van der Waals surface area contributed by atoms with E-state index in [4.69, 9.17) is 18.9 Å². The van der Waals surface area contributed by atoms with Gasteiger partial charge in [0.15, 0.2) is 5.75 Å². The summed E-state index contributed by atoms with van der Waals surface area (Å²) < 4.78 is 22.0. The summed E-state index contributed by atoms with van der Waals surface area (Å²) in [6.45, 7) is 14.9. The van der Waals surface area contributed by atoms with Crippen LogP contribution in [0.1, 0.15) is 91.3 Å². The van der Waals surface area contributed by atoms with Crippen LogP contribution in [0.3, 0.4) is 0 Å². The number of hydrogen-bond donors (Lipinski definition) is 0. The van der Waals surface area contributed by atoms with Crippen molar-refractivity contribution < 1.29 is 23.7 Å². The highest BCUT2D eigenvalue weighted by Crippen LogP contribution is 2.40. The molecular formula is C28H49NO5. The summed E-state index contributed by atoms with van der Waals surface area (Å²) in [7, 11) is 4.92. The van der Waals surface area contributed by atoms with Gasteiger partial charge < -0.3 is 18.9 Å². The topological polar surface area (TPSA) is 66.9 Å². The van der Waals surface area contributed by atoms with Crippen molar-refractivity contribution in [2.24, 2.45) is 23.7 Å². The van der Waals surface area contributed by atoms with E-state index in [2.05, 4.69) is 39.6 Å². The zero-order valence-corrected chi connectivity index (χ0v) is 23.3. The van der Waals surface area contributed by atoms with Gasteiger partial charge in [-0.25, -0.2) is 4.98 Å². The van der Waals surface area contributed by atoms with Crippen molar-refractivity contribution in [3.05, 3.63) is 11.3 Å². The first kappa shape index (κ1) is 30.2. The first-order chi connectivity index (χ1) is 16.1. The Morgan fingerprint density at radius 2 is 1.56 bits per heavy atom. The van der Waals surface area contributed by atoms with Gasteiger partial charge in [0, 0.05) is 19.6 Å². The Hall–Kier alpha value is -1.82. The highest BCUT2D eigenvalue weighted by atomic mass is 16.6. The second-order valence-electron chi connectivity index (χ2n) is 10.1. The maximum atomic E-state index is 11.6. The summed E-state index contributed by atoms with van der Waals surface area (Å²) >= 11 is 0. The van der Waals surface area contributed by atoms with Crippen LogP contribution >= 0.6 is 0 Å². The minimum absolute atomic E-state index is 0.348. The van der Waals surface area contributed by atoms with Crippen LogP contribution in [-0.4, -0.2) is 38.4 Å². The molecule has 196 valence electrons. The molecule has 0 spiro atoms. The fourth-order valence-corrected chi connectivity index (χ4v) is 4.97.